The van der Waals surface area contributed by atoms with Gasteiger partial charge in [-0.3, -0.25) is 4.79 Å². The number of benzene rings is 2. The Kier molecular flexibility index (Phi) is 6.66. The lowest BCUT2D eigenvalue weighted by atomic mass is 10.1. The second kappa shape index (κ2) is 8.96. The van der Waals surface area contributed by atoms with E-state index in [2.05, 4.69) is 39.7 Å². The molecular formula is C19H16INO3S2. The van der Waals surface area contributed by atoms with Crippen molar-refractivity contribution in [2.75, 3.05) is 14.2 Å². The van der Waals surface area contributed by atoms with Crippen LogP contribution in [-0.2, 0) is 10.5 Å². The number of hydrogen-bond donors (Lipinski definition) is 0. The Morgan fingerprint density at radius 1 is 1.19 bits per heavy atom. The maximum Gasteiger partial charge on any atom is 0.244 e. The van der Waals surface area contributed by atoms with E-state index in [0.29, 0.717) is 17.2 Å². The van der Waals surface area contributed by atoms with E-state index in [-0.39, 0.29) is 5.12 Å². The number of nitrogens with zero attached hydrogens (tertiary/aromatic N) is 1. The van der Waals surface area contributed by atoms with E-state index in [1.165, 1.54) is 17.3 Å². The molecule has 0 N–H and O–H groups in total. The maximum absolute atomic E-state index is 12.3. The third-order valence-electron chi connectivity index (χ3n) is 3.57. The Morgan fingerprint density at radius 2 is 1.96 bits per heavy atom. The quantitative estimate of drug-likeness (QED) is 0.419. The molecule has 0 saturated carbocycles. The SMILES string of the molecule is COc1cc(/C=C2\N=C(SCc3ccccc3)SC2=O)cc(I)c1OC. The van der Waals surface area contributed by atoms with E-state index in [1.54, 1.807) is 32.1 Å². The summed E-state index contributed by atoms with van der Waals surface area (Å²) in [7, 11) is 3.20. The summed E-state index contributed by atoms with van der Waals surface area (Å²) in [5, 5.41) is -0.0367. The molecule has 0 radical (unpaired) electrons. The highest BCUT2D eigenvalue weighted by Gasteiger charge is 2.23. The van der Waals surface area contributed by atoms with Crippen molar-refractivity contribution in [2.24, 2.45) is 4.99 Å². The average molecular weight is 497 g/mol. The standard InChI is InChI=1S/C19H16INO3S2/c1-23-16-10-13(8-14(20)17(16)24-2)9-15-18(22)26-19(21-15)25-11-12-6-4-3-5-7-12/h3-10H,11H2,1-2H3/b15-9-. The molecule has 7 heteroatoms. The lowest BCUT2D eigenvalue weighted by Crippen LogP contribution is -1.95. The van der Waals surface area contributed by atoms with Gasteiger partial charge in [-0.15, -0.1) is 0 Å². The van der Waals surface area contributed by atoms with Crippen LogP contribution in [0.15, 0.2) is 53.2 Å². The number of methoxy groups -OCH3 is 2. The second-order valence-corrected chi connectivity index (χ2v) is 8.66. The highest BCUT2D eigenvalue weighted by atomic mass is 127. The minimum absolute atomic E-state index is 0.0367. The lowest BCUT2D eigenvalue weighted by molar-refractivity contribution is -0.107. The molecule has 1 heterocycles. The molecule has 1 aliphatic rings. The molecule has 2 aromatic carbocycles. The fourth-order valence-electron chi connectivity index (χ4n) is 2.35. The third kappa shape index (κ3) is 4.63. The zero-order valence-corrected chi connectivity index (χ0v) is 18.0. The Balaban J connectivity index is 1.79. The summed E-state index contributed by atoms with van der Waals surface area (Å²) in [4.78, 5) is 16.8. The average Bonchev–Trinajstić information content (AvgIpc) is 3.00. The van der Waals surface area contributed by atoms with Crippen LogP contribution in [0.5, 0.6) is 11.5 Å². The van der Waals surface area contributed by atoms with Crippen LogP contribution < -0.4 is 9.47 Å². The number of aliphatic imine (C=N–C) groups is 1. The van der Waals surface area contributed by atoms with Gasteiger partial charge in [-0.2, -0.15) is 0 Å². The highest BCUT2D eigenvalue weighted by Crippen LogP contribution is 2.36. The van der Waals surface area contributed by atoms with Crippen LogP contribution in [0.1, 0.15) is 11.1 Å². The first kappa shape index (κ1) is 19.3. The Morgan fingerprint density at radius 3 is 2.65 bits per heavy atom. The van der Waals surface area contributed by atoms with Gasteiger partial charge in [0, 0.05) is 5.75 Å². The number of rotatable bonds is 5. The van der Waals surface area contributed by atoms with Crippen molar-refractivity contribution in [1.82, 2.24) is 0 Å². The van der Waals surface area contributed by atoms with Crippen LogP contribution in [-0.4, -0.2) is 23.7 Å². The topological polar surface area (TPSA) is 47.9 Å². The van der Waals surface area contributed by atoms with E-state index < -0.39 is 0 Å². The summed E-state index contributed by atoms with van der Waals surface area (Å²) < 4.78 is 12.4. The number of halogens is 1. The number of carbonyl (C=O) groups excluding carboxylic acids is 1. The number of carbonyl (C=O) groups is 1. The van der Waals surface area contributed by atoms with E-state index in [9.17, 15) is 4.79 Å². The highest BCUT2D eigenvalue weighted by molar-refractivity contribution is 14.1. The molecule has 0 saturated heterocycles. The zero-order valence-electron chi connectivity index (χ0n) is 14.2. The van der Waals surface area contributed by atoms with Crippen LogP contribution in [0.2, 0.25) is 0 Å². The molecule has 0 amide bonds. The van der Waals surface area contributed by atoms with Crippen molar-refractivity contribution in [1.29, 1.82) is 0 Å². The van der Waals surface area contributed by atoms with Crippen LogP contribution in [0.3, 0.4) is 0 Å². The number of thioether (sulfide) groups is 2. The predicted octanol–water partition coefficient (Wildman–Crippen LogP) is 5.21. The van der Waals surface area contributed by atoms with E-state index in [0.717, 1.165) is 19.3 Å². The molecule has 0 unspecified atom stereocenters. The predicted molar refractivity (Wildman–Crippen MR) is 118 cm³/mol. The summed E-state index contributed by atoms with van der Waals surface area (Å²) in [6, 6.07) is 13.9. The van der Waals surface area contributed by atoms with Gasteiger partial charge in [-0.1, -0.05) is 42.1 Å². The summed E-state index contributed by atoms with van der Waals surface area (Å²) in [6.45, 7) is 0. The number of hydrogen-bond acceptors (Lipinski definition) is 6. The van der Waals surface area contributed by atoms with Crippen molar-refractivity contribution in [3.05, 3.63) is 62.9 Å². The van der Waals surface area contributed by atoms with Gasteiger partial charge in [-0.25, -0.2) is 4.99 Å². The molecule has 1 aliphatic heterocycles. The molecule has 0 aliphatic carbocycles. The van der Waals surface area contributed by atoms with Gasteiger partial charge in [-0.05, 0) is 63.7 Å². The summed E-state index contributed by atoms with van der Waals surface area (Å²) in [5.74, 6) is 2.11. The summed E-state index contributed by atoms with van der Waals surface area (Å²) >= 11 is 4.95. The summed E-state index contributed by atoms with van der Waals surface area (Å²) in [6.07, 6.45) is 1.79. The minimum Gasteiger partial charge on any atom is -0.493 e. The van der Waals surface area contributed by atoms with E-state index in [1.807, 2.05) is 30.3 Å². The Hall–Kier alpha value is -1.45. The van der Waals surface area contributed by atoms with Crippen LogP contribution in [0.25, 0.3) is 6.08 Å². The van der Waals surface area contributed by atoms with Crippen molar-refractivity contribution in [3.8, 4) is 11.5 Å². The molecular weight excluding hydrogens is 481 g/mol. The van der Waals surface area contributed by atoms with Crippen LogP contribution in [0, 0.1) is 3.57 Å². The molecule has 4 nitrogen and oxygen atoms in total. The Labute approximate surface area is 174 Å². The molecule has 0 bridgehead atoms. The first-order valence-electron chi connectivity index (χ1n) is 7.71. The van der Waals surface area contributed by atoms with Crippen molar-refractivity contribution < 1.29 is 14.3 Å². The largest absolute Gasteiger partial charge is 0.493 e. The van der Waals surface area contributed by atoms with E-state index >= 15 is 0 Å². The lowest BCUT2D eigenvalue weighted by Gasteiger charge is -2.10. The van der Waals surface area contributed by atoms with Crippen LogP contribution >= 0.6 is 46.1 Å². The van der Waals surface area contributed by atoms with Gasteiger partial charge in [0.2, 0.25) is 5.12 Å². The van der Waals surface area contributed by atoms with Gasteiger partial charge in [0.15, 0.2) is 11.5 Å². The molecule has 26 heavy (non-hydrogen) atoms. The van der Waals surface area contributed by atoms with Crippen LogP contribution in [0.4, 0.5) is 0 Å². The van der Waals surface area contributed by atoms with E-state index in [4.69, 9.17) is 9.47 Å². The third-order valence-corrected chi connectivity index (χ3v) is 6.45. The minimum atomic E-state index is -0.0367. The van der Waals surface area contributed by atoms with Gasteiger partial charge >= 0.3 is 0 Å². The van der Waals surface area contributed by atoms with Crippen molar-refractivity contribution in [2.45, 2.75) is 5.75 Å². The fraction of sp³-hybridized carbons (Fsp3) is 0.158. The van der Waals surface area contributed by atoms with Gasteiger partial charge in [0.05, 0.1) is 17.8 Å². The molecule has 0 spiro atoms. The molecule has 3 rings (SSSR count). The summed E-state index contributed by atoms with van der Waals surface area (Å²) in [5.41, 5.74) is 2.52. The smallest absolute Gasteiger partial charge is 0.244 e. The molecule has 0 fully saturated rings. The zero-order chi connectivity index (χ0) is 18.5. The second-order valence-electron chi connectivity index (χ2n) is 5.31. The Bertz CT molecular complexity index is 882. The fourth-order valence-corrected chi connectivity index (χ4v) is 4.99. The molecule has 134 valence electrons. The first-order chi connectivity index (χ1) is 12.6. The van der Waals surface area contributed by atoms with Gasteiger partial charge in [0.1, 0.15) is 10.1 Å². The number of ether oxygens (including phenoxy) is 2. The van der Waals surface area contributed by atoms with Gasteiger partial charge in [0.25, 0.3) is 0 Å². The molecule has 2 aromatic rings. The molecule has 0 aromatic heterocycles. The van der Waals surface area contributed by atoms with Gasteiger partial charge < -0.3 is 9.47 Å². The normalized spacial score (nSPS) is 15.3. The maximum atomic E-state index is 12.3. The molecule has 0 atom stereocenters. The van der Waals surface area contributed by atoms with Crippen molar-refractivity contribution >= 4 is 61.7 Å². The first-order valence-corrected chi connectivity index (χ1v) is 10.6. The monoisotopic (exact) mass is 497 g/mol. The van der Waals surface area contributed by atoms with Crippen molar-refractivity contribution in [3.63, 3.8) is 0 Å².